The summed E-state index contributed by atoms with van der Waals surface area (Å²) in [5, 5.41) is 13.7. The standard InChI is InChI=1S/C18H17BrClN3O/c19-15-3-1-2-13(17(15)20)9-16-18-14(4-5-22-16)8-12(11-23-18)10-21-6-7-24/h1-5,8,11,21,24H,6-7,9-10H2. The van der Waals surface area contributed by atoms with Gasteiger partial charge in [0.15, 0.2) is 0 Å². The molecule has 3 aromatic rings. The summed E-state index contributed by atoms with van der Waals surface area (Å²) in [7, 11) is 0. The van der Waals surface area contributed by atoms with Crippen LogP contribution in [0.25, 0.3) is 10.9 Å². The highest BCUT2D eigenvalue weighted by atomic mass is 79.9. The first kappa shape index (κ1) is 17.3. The number of hydrogen-bond donors (Lipinski definition) is 2. The molecule has 0 saturated heterocycles. The number of fused-ring (bicyclic) bond motifs is 1. The van der Waals surface area contributed by atoms with Crippen molar-refractivity contribution in [3.63, 3.8) is 0 Å². The second kappa shape index (κ2) is 8.03. The SMILES string of the molecule is OCCNCc1cnc2c(Cc3cccc(Br)c3Cl)nccc2c1. The minimum absolute atomic E-state index is 0.127. The van der Waals surface area contributed by atoms with Gasteiger partial charge in [0.1, 0.15) is 0 Å². The molecule has 0 radical (unpaired) electrons. The van der Waals surface area contributed by atoms with Crippen LogP contribution < -0.4 is 5.32 Å². The molecule has 0 aliphatic carbocycles. The zero-order valence-corrected chi connectivity index (χ0v) is 15.3. The van der Waals surface area contributed by atoms with Crippen LogP contribution in [0.15, 0.2) is 47.2 Å². The van der Waals surface area contributed by atoms with E-state index >= 15 is 0 Å². The Hall–Kier alpha value is -1.53. The van der Waals surface area contributed by atoms with Crippen molar-refractivity contribution in [2.45, 2.75) is 13.0 Å². The van der Waals surface area contributed by atoms with Gasteiger partial charge in [-0.25, -0.2) is 0 Å². The molecular weight excluding hydrogens is 390 g/mol. The molecule has 0 aliphatic rings. The maximum atomic E-state index is 8.83. The minimum atomic E-state index is 0.127. The summed E-state index contributed by atoms with van der Waals surface area (Å²) in [4.78, 5) is 9.08. The first-order valence-electron chi connectivity index (χ1n) is 7.66. The van der Waals surface area contributed by atoms with Crippen LogP contribution >= 0.6 is 27.5 Å². The normalized spacial score (nSPS) is 11.1. The van der Waals surface area contributed by atoms with Gasteiger partial charge in [-0.15, -0.1) is 0 Å². The van der Waals surface area contributed by atoms with E-state index in [0.717, 1.165) is 32.2 Å². The Kier molecular flexibility index (Phi) is 5.79. The third-order valence-corrected chi connectivity index (χ3v) is 5.07. The molecule has 0 aliphatic heterocycles. The number of pyridine rings is 2. The van der Waals surface area contributed by atoms with Gasteiger partial charge in [-0.1, -0.05) is 23.7 Å². The lowest BCUT2D eigenvalue weighted by Gasteiger charge is -2.09. The van der Waals surface area contributed by atoms with Gasteiger partial charge in [0.05, 0.1) is 22.8 Å². The summed E-state index contributed by atoms with van der Waals surface area (Å²) >= 11 is 9.82. The van der Waals surface area contributed by atoms with Crippen LogP contribution in [-0.4, -0.2) is 28.2 Å². The number of nitrogens with one attached hydrogen (secondary N) is 1. The highest BCUT2D eigenvalue weighted by Gasteiger charge is 2.10. The zero-order valence-electron chi connectivity index (χ0n) is 13.0. The van der Waals surface area contributed by atoms with Crippen LogP contribution in [-0.2, 0) is 13.0 Å². The first-order valence-corrected chi connectivity index (χ1v) is 8.83. The van der Waals surface area contributed by atoms with E-state index in [9.17, 15) is 0 Å². The van der Waals surface area contributed by atoms with Crippen molar-refractivity contribution in [2.75, 3.05) is 13.2 Å². The molecule has 2 heterocycles. The van der Waals surface area contributed by atoms with Crippen molar-refractivity contribution in [1.29, 1.82) is 0 Å². The molecular formula is C18H17BrClN3O. The van der Waals surface area contributed by atoms with Crippen LogP contribution in [0.2, 0.25) is 5.02 Å². The lowest BCUT2D eigenvalue weighted by Crippen LogP contribution is -2.17. The van der Waals surface area contributed by atoms with E-state index in [4.69, 9.17) is 16.7 Å². The Morgan fingerprint density at radius 2 is 2.08 bits per heavy atom. The average molecular weight is 407 g/mol. The molecule has 0 fully saturated rings. The fraction of sp³-hybridized carbons (Fsp3) is 0.222. The molecule has 24 heavy (non-hydrogen) atoms. The predicted octanol–water partition coefficient (Wildman–Crippen LogP) is 3.72. The van der Waals surface area contributed by atoms with Gasteiger partial charge in [0.25, 0.3) is 0 Å². The maximum Gasteiger partial charge on any atom is 0.0920 e. The van der Waals surface area contributed by atoms with E-state index in [1.807, 2.05) is 30.5 Å². The van der Waals surface area contributed by atoms with E-state index in [-0.39, 0.29) is 6.61 Å². The quantitative estimate of drug-likeness (QED) is 0.613. The third-order valence-electron chi connectivity index (χ3n) is 3.74. The maximum absolute atomic E-state index is 8.83. The van der Waals surface area contributed by atoms with Crippen molar-refractivity contribution in [3.8, 4) is 0 Å². The van der Waals surface area contributed by atoms with Crippen molar-refractivity contribution in [1.82, 2.24) is 15.3 Å². The van der Waals surface area contributed by atoms with Crippen molar-refractivity contribution >= 4 is 38.4 Å². The molecule has 124 valence electrons. The molecule has 2 N–H and O–H groups in total. The van der Waals surface area contributed by atoms with Crippen LogP contribution in [0.5, 0.6) is 0 Å². The Labute approximate surface area is 154 Å². The Bertz CT molecular complexity index is 857. The molecule has 3 rings (SSSR count). The van der Waals surface area contributed by atoms with Crippen LogP contribution in [0, 0.1) is 0 Å². The number of aromatic nitrogens is 2. The Balaban J connectivity index is 1.90. The number of halogens is 2. The predicted molar refractivity (Wildman–Crippen MR) is 100 cm³/mol. The van der Waals surface area contributed by atoms with Gasteiger partial charge < -0.3 is 10.4 Å². The van der Waals surface area contributed by atoms with Crippen molar-refractivity contribution < 1.29 is 5.11 Å². The van der Waals surface area contributed by atoms with Gasteiger partial charge >= 0.3 is 0 Å². The molecule has 0 spiro atoms. The first-order chi connectivity index (χ1) is 11.7. The Morgan fingerprint density at radius 1 is 1.21 bits per heavy atom. The average Bonchev–Trinajstić information content (AvgIpc) is 2.59. The Morgan fingerprint density at radius 3 is 2.92 bits per heavy atom. The second-order valence-corrected chi connectivity index (χ2v) is 6.70. The molecule has 0 unspecified atom stereocenters. The van der Waals surface area contributed by atoms with Gasteiger partial charge in [-0.3, -0.25) is 9.97 Å². The molecule has 6 heteroatoms. The molecule has 0 saturated carbocycles. The van der Waals surface area contributed by atoms with Crippen molar-refractivity contribution in [2.24, 2.45) is 0 Å². The second-order valence-electron chi connectivity index (χ2n) is 5.46. The van der Waals surface area contributed by atoms with Gasteiger partial charge in [0, 0.05) is 41.8 Å². The van der Waals surface area contributed by atoms with E-state index in [2.05, 4.69) is 37.3 Å². The number of aliphatic hydroxyl groups excluding tert-OH is 1. The van der Waals surface area contributed by atoms with Crippen LogP contribution in [0.1, 0.15) is 16.8 Å². The lowest BCUT2D eigenvalue weighted by molar-refractivity contribution is 0.292. The minimum Gasteiger partial charge on any atom is -0.395 e. The molecule has 0 bridgehead atoms. The molecule has 0 atom stereocenters. The van der Waals surface area contributed by atoms with Crippen LogP contribution in [0.3, 0.4) is 0 Å². The van der Waals surface area contributed by atoms with Gasteiger partial charge in [-0.05, 0) is 45.3 Å². The summed E-state index contributed by atoms with van der Waals surface area (Å²) in [6.07, 6.45) is 4.28. The number of nitrogens with zero attached hydrogens (tertiary/aromatic N) is 2. The van der Waals surface area contributed by atoms with Crippen molar-refractivity contribution in [3.05, 3.63) is 69.0 Å². The number of benzene rings is 1. The monoisotopic (exact) mass is 405 g/mol. The van der Waals surface area contributed by atoms with E-state index in [1.54, 1.807) is 6.20 Å². The van der Waals surface area contributed by atoms with Gasteiger partial charge in [-0.2, -0.15) is 0 Å². The molecule has 1 aromatic carbocycles. The number of aliphatic hydroxyl groups is 1. The summed E-state index contributed by atoms with van der Waals surface area (Å²) in [5.74, 6) is 0. The molecule has 0 amide bonds. The summed E-state index contributed by atoms with van der Waals surface area (Å²) in [6.45, 7) is 1.38. The summed E-state index contributed by atoms with van der Waals surface area (Å²) < 4.78 is 0.882. The smallest absolute Gasteiger partial charge is 0.0920 e. The van der Waals surface area contributed by atoms with Crippen LogP contribution in [0.4, 0.5) is 0 Å². The lowest BCUT2D eigenvalue weighted by atomic mass is 10.1. The summed E-state index contributed by atoms with van der Waals surface area (Å²) in [5.41, 5.74) is 3.89. The molecule has 2 aromatic heterocycles. The summed E-state index contributed by atoms with van der Waals surface area (Å²) in [6, 6.07) is 9.95. The van der Waals surface area contributed by atoms with Gasteiger partial charge in [0.2, 0.25) is 0 Å². The topological polar surface area (TPSA) is 58.0 Å². The highest BCUT2D eigenvalue weighted by molar-refractivity contribution is 9.10. The van der Waals surface area contributed by atoms with E-state index in [1.165, 1.54) is 0 Å². The van der Waals surface area contributed by atoms with E-state index < -0.39 is 0 Å². The zero-order chi connectivity index (χ0) is 16.9. The molecule has 4 nitrogen and oxygen atoms in total. The highest BCUT2D eigenvalue weighted by Crippen LogP contribution is 2.28. The van der Waals surface area contributed by atoms with E-state index in [0.29, 0.717) is 24.5 Å². The largest absolute Gasteiger partial charge is 0.395 e. The fourth-order valence-corrected chi connectivity index (χ4v) is 3.17. The fourth-order valence-electron chi connectivity index (χ4n) is 2.57. The number of rotatable bonds is 6. The number of hydrogen-bond acceptors (Lipinski definition) is 4. The third kappa shape index (κ3) is 3.92.